The normalized spacial score (nSPS) is 12.5. The fourth-order valence-electron chi connectivity index (χ4n) is 4.01. The zero-order chi connectivity index (χ0) is 25.5. The molecule has 1 unspecified atom stereocenters. The number of nitrogens with one attached hydrogen (secondary N) is 2. The van der Waals surface area contributed by atoms with Gasteiger partial charge in [-0.25, -0.2) is 12.8 Å². The highest BCUT2D eigenvalue weighted by atomic mass is 35.5. The molecular weight excluding hydrogens is 491 g/mol. The number of hydrogen-bond donors (Lipinski definition) is 2. The van der Waals surface area contributed by atoms with Gasteiger partial charge < -0.3 is 15.0 Å². The Labute approximate surface area is 208 Å². The van der Waals surface area contributed by atoms with E-state index in [-0.39, 0.29) is 10.7 Å². The van der Waals surface area contributed by atoms with Crippen molar-refractivity contribution < 1.29 is 22.3 Å². The number of ether oxygens (including phenoxy) is 1. The minimum Gasteiger partial charge on any atom is -0.497 e. The molecule has 0 saturated heterocycles. The van der Waals surface area contributed by atoms with Gasteiger partial charge in [-0.15, -0.1) is 0 Å². The minimum atomic E-state index is -3.55. The number of hydrogen-bond acceptors (Lipinski definition) is 5. The smallest absolute Gasteiger partial charge is 0.191 e. The molecule has 3 aromatic carbocycles. The largest absolute Gasteiger partial charge is 0.497 e. The number of carbonyl (C=O) groups is 1. The third-order valence-electron chi connectivity index (χ3n) is 5.89. The molecule has 1 aromatic heterocycles. The molecule has 0 aliphatic carbocycles. The molecule has 9 heteroatoms. The van der Waals surface area contributed by atoms with Crippen LogP contribution in [0, 0.1) is 19.7 Å². The number of H-pyrrole nitrogens is 1. The summed E-state index contributed by atoms with van der Waals surface area (Å²) < 4.78 is 43.6. The third kappa shape index (κ3) is 5.04. The summed E-state index contributed by atoms with van der Waals surface area (Å²) in [6, 6.07) is 11.3. The molecule has 0 saturated carbocycles. The lowest BCUT2D eigenvalue weighted by Gasteiger charge is -2.22. The van der Waals surface area contributed by atoms with Gasteiger partial charge in [0.05, 0.1) is 12.0 Å². The van der Waals surface area contributed by atoms with Crippen molar-refractivity contribution >= 4 is 43.8 Å². The third-order valence-corrected chi connectivity index (χ3v) is 7.39. The van der Waals surface area contributed by atoms with Gasteiger partial charge in [0.15, 0.2) is 15.6 Å². The van der Waals surface area contributed by atoms with Crippen molar-refractivity contribution in [3.8, 4) is 5.75 Å². The second-order valence-electron chi connectivity index (χ2n) is 8.46. The van der Waals surface area contributed by atoms with Gasteiger partial charge in [0, 0.05) is 45.7 Å². The molecule has 6 nitrogen and oxygen atoms in total. The summed E-state index contributed by atoms with van der Waals surface area (Å²) in [5.74, 6) is -0.408. The topological polar surface area (TPSA) is 88.3 Å². The molecule has 0 aliphatic rings. The van der Waals surface area contributed by atoms with Crippen LogP contribution in [0.1, 0.15) is 33.1 Å². The first-order chi connectivity index (χ1) is 16.5. The fraction of sp³-hybridized carbons (Fsp3) is 0.192. The number of anilines is 1. The van der Waals surface area contributed by atoms with E-state index in [0.29, 0.717) is 38.5 Å². The molecule has 4 aromatic rings. The number of rotatable bonds is 7. The number of aromatic nitrogens is 1. The predicted molar refractivity (Wildman–Crippen MR) is 136 cm³/mol. The van der Waals surface area contributed by atoms with Crippen molar-refractivity contribution in [3.05, 3.63) is 87.8 Å². The molecule has 0 aliphatic heterocycles. The van der Waals surface area contributed by atoms with Gasteiger partial charge in [-0.05, 0) is 66.9 Å². The molecule has 4 rings (SSSR count). The fourth-order valence-corrected chi connectivity index (χ4v) is 4.85. The Kier molecular flexibility index (Phi) is 6.62. The van der Waals surface area contributed by atoms with E-state index < -0.39 is 21.7 Å². The number of benzene rings is 3. The number of ketones is 1. The van der Waals surface area contributed by atoms with Crippen LogP contribution in [0.25, 0.3) is 10.9 Å². The van der Waals surface area contributed by atoms with Gasteiger partial charge in [0.1, 0.15) is 17.6 Å². The van der Waals surface area contributed by atoms with E-state index in [2.05, 4.69) is 10.3 Å². The first-order valence-corrected chi connectivity index (χ1v) is 13.0. The monoisotopic (exact) mass is 514 g/mol. The number of halogens is 2. The molecule has 182 valence electrons. The van der Waals surface area contributed by atoms with Crippen LogP contribution in [-0.2, 0) is 9.84 Å². The van der Waals surface area contributed by atoms with Crippen LogP contribution < -0.4 is 10.1 Å². The van der Waals surface area contributed by atoms with Crippen LogP contribution in [0.2, 0.25) is 5.02 Å². The van der Waals surface area contributed by atoms with Gasteiger partial charge in [0.25, 0.3) is 0 Å². The van der Waals surface area contributed by atoms with E-state index in [9.17, 15) is 17.6 Å². The molecule has 0 spiro atoms. The molecule has 0 amide bonds. The number of sulfone groups is 1. The summed E-state index contributed by atoms with van der Waals surface area (Å²) in [7, 11) is -2.12. The quantitative estimate of drug-likeness (QED) is 0.294. The average Bonchev–Trinajstić information content (AvgIpc) is 3.19. The number of aromatic amines is 1. The van der Waals surface area contributed by atoms with Gasteiger partial charge >= 0.3 is 0 Å². The van der Waals surface area contributed by atoms with Crippen LogP contribution in [0.3, 0.4) is 0 Å². The Morgan fingerprint density at radius 1 is 1.09 bits per heavy atom. The number of fused-ring (bicyclic) bond motifs is 1. The Balaban J connectivity index is 1.86. The second-order valence-corrected chi connectivity index (χ2v) is 10.9. The van der Waals surface area contributed by atoms with Crippen LogP contribution in [0.15, 0.2) is 59.6 Å². The molecule has 0 bridgehead atoms. The predicted octanol–water partition coefficient (Wildman–Crippen LogP) is 6.03. The molecule has 35 heavy (non-hydrogen) atoms. The highest BCUT2D eigenvalue weighted by Gasteiger charge is 2.27. The molecular formula is C26H24ClFN2O4S. The molecule has 1 heterocycles. The Morgan fingerprint density at radius 3 is 2.49 bits per heavy atom. The number of aryl methyl sites for hydroxylation is 2. The number of methoxy groups -OCH3 is 1. The van der Waals surface area contributed by atoms with Gasteiger partial charge in [-0.2, -0.15) is 0 Å². The summed E-state index contributed by atoms with van der Waals surface area (Å²) in [5, 5.41) is 4.34. The van der Waals surface area contributed by atoms with E-state index in [1.807, 2.05) is 13.0 Å². The summed E-state index contributed by atoms with van der Waals surface area (Å²) in [4.78, 5) is 17.1. The summed E-state index contributed by atoms with van der Waals surface area (Å²) in [6.45, 7) is 3.59. The van der Waals surface area contributed by atoms with E-state index in [1.54, 1.807) is 31.3 Å². The number of Topliss-reactive ketones (excluding diaryl/α,β-unsaturated/α-hetero) is 1. The maximum absolute atomic E-state index is 13.9. The minimum absolute atomic E-state index is 0.0377. The summed E-state index contributed by atoms with van der Waals surface area (Å²) in [6.07, 6.45) is 2.71. The van der Waals surface area contributed by atoms with Crippen LogP contribution in [0.5, 0.6) is 5.75 Å². The SMILES string of the molecule is COc1cc(NC(C(=O)c2c[nH]c3cc(C)c(Cl)cc23)c2ccc(F)cc2C)cc(S(C)(=O)=O)c1. The van der Waals surface area contributed by atoms with Crippen molar-refractivity contribution in [2.45, 2.75) is 24.8 Å². The molecule has 1 atom stereocenters. The van der Waals surface area contributed by atoms with Crippen molar-refractivity contribution in [2.75, 3.05) is 18.7 Å². The van der Waals surface area contributed by atoms with E-state index in [4.69, 9.17) is 16.3 Å². The average molecular weight is 515 g/mol. The highest BCUT2D eigenvalue weighted by molar-refractivity contribution is 7.90. The van der Waals surface area contributed by atoms with Gasteiger partial charge in [0.2, 0.25) is 0 Å². The lowest BCUT2D eigenvalue weighted by molar-refractivity contribution is 0.0971. The zero-order valence-electron chi connectivity index (χ0n) is 19.6. The van der Waals surface area contributed by atoms with Crippen LogP contribution in [-0.4, -0.2) is 32.6 Å². The second kappa shape index (κ2) is 9.36. The lowest BCUT2D eigenvalue weighted by atomic mass is 9.93. The zero-order valence-corrected chi connectivity index (χ0v) is 21.1. The van der Waals surface area contributed by atoms with Crippen molar-refractivity contribution in [1.82, 2.24) is 4.98 Å². The van der Waals surface area contributed by atoms with Crippen molar-refractivity contribution in [1.29, 1.82) is 0 Å². The van der Waals surface area contributed by atoms with Gasteiger partial charge in [-0.3, -0.25) is 4.79 Å². The summed E-state index contributed by atoms with van der Waals surface area (Å²) in [5.41, 5.74) is 3.50. The maximum atomic E-state index is 13.9. The summed E-state index contributed by atoms with van der Waals surface area (Å²) >= 11 is 6.33. The molecule has 2 N–H and O–H groups in total. The van der Waals surface area contributed by atoms with E-state index >= 15 is 0 Å². The first kappa shape index (κ1) is 24.8. The Morgan fingerprint density at radius 2 is 1.83 bits per heavy atom. The maximum Gasteiger partial charge on any atom is 0.191 e. The lowest BCUT2D eigenvalue weighted by Crippen LogP contribution is -2.22. The molecule has 0 fully saturated rings. The standard InChI is InChI=1S/C26H24ClFN2O4S/c1-14-7-16(28)5-6-20(14)25(30-17-9-18(34-3)11-19(10-17)35(4,32)33)26(31)22-13-29-24-8-15(2)23(27)12-21(22)24/h5-13,25,29-30H,1-4H3. The Hall–Kier alpha value is -3.36. The van der Waals surface area contributed by atoms with Crippen LogP contribution >= 0.6 is 11.6 Å². The van der Waals surface area contributed by atoms with E-state index in [0.717, 1.165) is 17.3 Å². The van der Waals surface area contributed by atoms with Crippen molar-refractivity contribution in [2.24, 2.45) is 0 Å². The van der Waals surface area contributed by atoms with E-state index in [1.165, 1.54) is 31.4 Å². The highest BCUT2D eigenvalue weighted by Crippen LogP contribution is 2.33. The first-order valence-electron chi connectivity index (χ1n) is 10.7. The van der Waals surface area contributed by atoms with Crippen LogP contribution in [0.4, 0.5) is 10.1 Å². The molecule has 0 radical (unpaired) electrons. The van der Waals surface area contributed by atoms with Gasteiger partial charge in [-0.1, -0.05) is 17.7 Å². The Bertz CT molecular complexity index is 1560. The number of carbonyl (C=O) groups excluding carboxylic acids is 1. The van der Waals surface area contributed by atoms with Crippen molar-refractivity contribution in [3.63, 3.8) is 0 Å².